The Morgan fingerprint density at radius 3 is 1.00 bits per heavy atom. The van der Waals surface area contributed by atoms with E-state index in [1.807, 2.05) is 0 Å². The average Bonchev–Trinajstić information content (AvgIpc) is 2.24. The summed E-state index contributed by atoms with van der Waals surface area (Å²) in [4.78, 5) is 0. The minimum atomic E-state index is -0.837. The molecule has 21 radical (unpaired) electrons. The van der Waals surface area contributed by atoms with Gasteiger partial charge in [0.15, 0.2) is 0 Å². The average molecular weight is 208 g/mol. The molecule has 0 N–H and O–H groups in total. The van der Waals surface area contributed by atoms with E-state index in [0.717, 1.165) is 0 Å². The molecule has 0 aliphatic carbocycles. The number of hydrogen-bond donors (Lipinski definition) is 0. The van der Waals surface area contributed by atoms with Crippen molar-refractivity contribution in [3.63, 3.8) is 0 Å². The Hall–Kier alpha value is 1.17. The lowest BCUT2D eigenvalue weighted by molar-refractivity contribution is 1.81. The first-order valence-electron chi connectivity index (χ1n) is 6.00. The van der Waals surface area contributed by atoms with Gasteiger partial charge < -0.3 is 0 Å². The molecule has 0 saturated heterocycles. The minimum absolute atomic E-state index is 0.537. The molecule has 0 aliphatic heterocycles. The Kier molecular flexibility index (Phi) is 9.81. The molecule has 0 nitrogen and oxygen atoms in total. The highest BCUT2D eigenvalue weighted by Crippen LogP contribution is 2.19. The Morgan fingerprint density at radius 2 is 0.842 bits per heavy atom. The van der Waals surface area contributed by atoms with Crippen molar-refractivity contribution in [1.82, 2.24) is 0 Å². The minimum Gasteiger partial charge on any atom is -0.146 e. The third-order valence-corrected chi connectivity index (χ3v) is 3.33. The van der Waals surface area contributed by atoms with Crippen molar-refractivity contribution in [1.29, 1.82) is 0 Å². The van der Waals surface area contributed by atoms with E-state index in [-0.39, 0.29) is 0 Å². The number of rotatable bonds is 8. The van der Waals surface area contributed by atoms with Gasteiger partial charge in [-0.05, 0) is 0 Å². The highest BCUT2D eigenvalue weighted by Gasteiger charge is 2.41. The quantitative estimate of drug-likeness (QED) is 0.348. The summed E-state index contributed by atoms with van der Waals surface area (Å²) in [7, 11) is 58.4. The van der Waals surface area contributed by atoms with Crippen LogP contribution in [0.2, 0.25) is 5.62 Å². The summed E-state index contributed by atoms with van der Waals surface area (Å²) < 4.78 is 0. The zero-order valence-corrected chi connectivity index (χ0v) is 11.0. The molecule has 0 atom stereocenters. The molecule has 0 amide bonds. The molecule has 18 heteroatoms. The van der Waals surface area contributed by atoms with Gasteiger partial charge in [0.05, 0.1) is 0 Å². The van der Waals surface area contributed by atoms with E-state index in [0.29, 0.717) is 0 Å². The number of hydrogen-bond acceptors (Lipinski definition) is 0. The Morgan fingerprint density at radius 1 is 0.579 bits per heavy atom. The molecular formula is CHB18. The van der Waals surface area contributed by atoms with Crippen LogP contribution in [0.1, 0.15) is 0 Å². The van der Waals surface area contributed by atoms with Crippen LogP contribution in [-0.4, -0.2) is 129 Å². The fraction of sp³-hybridized carbons (Fsp3) is 1.00. The molecular weight excluding hydrogens is 207 g/mol. The third kappa shape index (κ3) is 5.82. The predicted molar refractivity (Wildman–Crippen MR) is 107 cm³/mol. The van der Waals surface area contributed by atoms with Crippen LogP contribution >= 0.6 is 0 Å². The van der Waals surface area contributed by atoms with Gasteiger partial charge in [0.1, 0.15) is 0 Å². The smallest absolute Gasteiger partial charge is 0.0295 e. The van der Waals surface area contributed by atoms with Crippen molar-refractivity contribution >= 4 is 129 Å². The standard InChI is InChI=1S/CHB18/c2-12-13(3)1(14(16(4)5)17(6)7)15(18(8)9)19(10)11/h1H. The summed E-state index contributed by atoms with van der Waals surface area (Å²) in [6.45, 7) is -1.84. The van der Waals surface area contributed by atoms with Gasteiger partial charge in [-0.1, -0.05) is 0 Å². The van der Waals surface area contributed by atoms with Gasteiger partial charge in [-0.2, -0.15) is 0 Å². The predicted octanol–water partition coefficient (Wildman–Crippen LogP) is -6.52. The van der Waals surface area contributed by atoms with Gasteiger partial charge in [-0.15, -0.1) is 5.62 Å². The van der Waals surface area contributed by atoms with E-state index in [2.05, 4.69) is 0 Å². The maximum Gasteiger partial charge on any atom is 0.0295 e. The van der Waals surface area contributed by atoms with Crippen LogP contribution in [0.4, 0.5) is 0 Å². The first kappa shape index (κ1) is 20.2. The highest BCUT2D eigenvalue weighted by atomic mass is 13.6. The topological polar surface area (TPSA) is 0 Å². The monoisotopic (exact) mass is 211 g/mol. The van der Waals surface area contributed by atoms with Crippen LogP contribution in [-0.2, 0) is 0 Å². The molecule has 59 valence electrons. The van der Waals surface area contributed by atoms with Crippen LogP contribution in [0.3, 0.4) is 0 Å². The summed E-state index contributed by atoms with van der Waals surface area (Å²) in [6, 6.07) is 0. The van der Waals surface area contributed by atoms with Crippen molar-refractivity contribution in [2.45, 2.75) is 5.62 Å². The van der Waals surface area contributed by atoms with Gasteiger partial charge >= 0.3 is 0 Å². The van der Waals surface area contributed by atoms with Crippen molar-refractivity contribution in [2.75, 3.05) is 0 Å². The van der Waals surface area contributed by atoms with Gasteiger partial charge in [-0.25, -0.2) is 0 Å². The lowest BCUT2D eigenvalue weighted by Crippen LogP contribution is -2.69. The Balaban J connectivity index is 5.50. The van der Waals surface area contributed by atoms with Gasteiger partial charge in [0.25, 0.3) is 0 Å². The second kappa shape index (κ2) is 9.24. The largest absolute Gasteiger partial charge is 0.146 e. The van der Waals surface area contributed by atoms with Gasteiger partial charge in [0, 0.05) is 129 Å². The first-order chi connectivity index (χ1) is 8.64. The van der Waals surface area contributed by atoms with Crippen LogP contribution in [0.25, 0.3) is 0 Å². The summed E-state index contributed by atoms with van der Waals surface area (Å²) in [5, 5.41) is 0. The van der Waals surface area contributed by atoms with E-state index in [1.165, 1.54) is 7.06 Å². The molecule has 0 aromatic rings. The van der Waals surface area contributed by atoms with E-state index in [1.54, 1.807) is 0 Å². The van der Waals surface area contributed by atoms with E-state index in [9.17, 15) is 0 Å². The first-order valence-corrected chi connectivity index (χ1v) is 6.00. The second-order valence-electron chi connectivity index (χ2n) is 4.81. The maximum absolute atomic E-state index is 5.95. The maximum atomic E-state index is 5.95. The van der Waals surface area contributed by atoms with Crippen molar-refractivity contribution in [3.05, 3.63) is 0 Å². The van der Waals surface area contributed by atoms with E-state index in [4.69, 9.17) is 77.4 Å². The van der Waals surface area contributed by atoms with E-state index < -0.39 is 50.6 Å². The molecule has 0 aliphatic rings. The molecule has 0 unspecified atom stereocenters. The SMILES string of the molecule is [B][B]B([B])C(B(B([B])[B])B([B])[B])B(B([B])[B])B([B])[B]. The van der Waals surface area contributed by atoms with Crippen LogP contribution in [0.15, 0.2) is 0 Å². The highest BCUT2D eigenvalue weighted by molar-refractivity contribution is 7.90. The van der Waals surface area contributed by atoms with Gasteiger partial charge in [-0.3, -0.25) is 0 Å². The molecule has 19 heavy (non-hydrogen) atoms. The third-order valence-electron chi connectivity index (χ3n) is 3.33. The molecule has 0 saturated carbocycles. The molecule has 0 spiro atoms. The molecule has 0 aromatic heterocycles. The van der Waals surface area contributed by atoms with Gasteiger partial charge in [0.2, 0.25) is 0 Å². The summed E-state index contributed by atoms with van der Waals surface area (Å²) in [5.41, 5.74) is -0.537. The van der Waals surface area contributed by atoms with Crippen molar-refractivity contribution in [2.24, 2.45) is 0 Å². The Bertz CT molecular complexity index is 194. The lowest BCUT2D eigenvalue weighted by atomic mass is 8.57. The fourth-order valence-electron chi connectivity index (χ4n) is 2.44. The summed E-state index contributed by atoms with van der Waals surface area (Å²) in [6.07, 6.45) is -3.35. The molecule has 0 rings (SSSR count). The summed E-state index contributed by atoms with van der Waals surface area (Å²) in [5.74, 6) is 0. The molecule has 0 bridgehead atoms. The zero-order chi connectivity index (χ0) is 15.3. The fourth-order valence-corrected chi connectivity index (χ4v) is 2.44. The van der Waals surface area contributed by atoms with Crippen LogP contribution < -0.4 is 0 Å². The normalized spacial score (nSPS) is 9.53. The van der Waals surface area contributed by atoms with Crippen molar-refractivity contribution < 1.29 is 0 Å². The molecule has 0 fully saturated rings. The summed E-state index contributed by atoms with van der Waals surface area (Å²) >= 11 is 0. The second-order valence-corrected chi connectivity index (χ2v) is 4.81. The molecule has 0 aromatic carbocycles. The Labute approximate surface area is 135 Å². The van der Waals surface area contributed by atoms with Crippen molar-refractivity contribution in [3.8, 4) is 0 Å². The molecule has 0 heterocycles. The zero-order valence-electron chi connectivity index (χ0n) is 11.0. The van der Waals surface area contributed by atoms with E-state index >= 15 is 0 Å². The van der Waals surface area contributed by atoms with Crippen LogP contribution in [0.5, 0.6) is 0 Å². The lowest BCUT2D eigenvalue weighted by Gasteiger charge is -2.43. The van der Waals surface area contributed by atoms with Crippen LogP contribution in [0, 0.1) is 0 Å².